The Hall–Kier alpha value is -1.55. The molecule has 4 nitrogen and oxygen atoms in total. The molecule has 0 saturated heterocycles. The fourth-order valence-corrected chi connectivity index (χ4v) is 2.01. The van der Waals surface area contributed by atoms with Gasteiger partial charge in [-0.05, 0) is 30.2 Å². The first-order chi connectivity index (χ1) is 8.10. The molecule has 1 aromatic carbocycles. The summed E-state index contributed by atoms with van der Waals surface area (Å²) in [6.07, 6.45) is 0.182. The number of aliphatic hydroxyl groups excluding tert-OH is 1. The van der Waals surface area contributed by atoms with Gasteiger partial charge in [-0.3, -0.25) is 4.79 Å². The normalized spacial score (nSPS) is 19.4. The summed E-state index contributed by atoms with van der Waals surface area (Å²) in [5.41, 5.74) is 1.81. The van der Waals surface area contributed by atoms with Crippen LogP contribution in [0.15, 0.2) is 18.2 Å². The van der Waals surface area contributed by atoms with E-state index in [9.17, 15) is 9.90 Å². The van der Waals surface area contributed by atoms with Crippen molar-refractivity contribution < 1.29 is 19.4 Å². The summed E-state index contributed by atoms with van der Waals surface area (Å²) < 4.78 is 10.1. The van der Waals surface area contributed by atoms with Gasteiger partial charge < -0.3 is 14.6 Å². The van der Waals surface area contributed by atoms with E-state index in [0.29, 0.717) is 0 Å². The second kappa shape index (κ2) is 4.75. The van der Waals surface area contributed by atoms with Crippen LogP contribution in [0.1, 0.15) is 30.6 Å². The van der Waals surface area contributed by atoms with Gasteiger partial charge in [-0.2, -0.15) is 0 Å². The summed E-state index contributed by atoms with van der Waals surface area (Å²) >= 11 is 0. The number of hydrogen-bond donors (Lipinski definition) is 1. The maximum atomic E-state index is 11.1. The molecular weight excluding hydrogens is 220 g/mol. The maximum absolute atomic E-state index is 11.1. The van der Waals surface area contributed by atoms with Gasteiger partial charge in [0, 0.05) is 6.42 Å². The monoisotopic (exact) mass is 236 g/mol. The molecule has 0 aromatic heterocycles. The number of benzene rings is 1. The van der Waals surface area contributed by atoms with E-state index < -0.39 is 12.1 Å². The number of aliphatic hydroxyl groups is 1. The fraction of sp³-hybridized carbons (Fsp3) is 0.462. The van der Waals surface area contributed by atoms with Gasteiger partial charge in [-0.25, -0.2) is 0 Å². The predicted octanol–water partition coefficient (Wildman–Crippen LogP) is 1.61. The maximum Gasteiger partial charge on any atom is 0.308 e. The molecule has 0 spiro atoms. The molecule has 4 heteroatoms. The summed E-state index contributed by atoms with van der Waals surface area (Å²) in [4.78, 5) is 11.1. The Morgan fingerprint density at radius 2 is 2.41 bits per heavy atom. The molecule has 1 N–H and O–H groups in total. The zero-order chi connectivity index (χ0) is 12.4. The molecule has 0 radical (unpaired) electrons. The standard InChI is InChI=1S/C13H16O4/c1-8-5-10-6-9(3-4-12(10)17-8)11(14)7-13(15)16-2/h3-4,6,8,11,14H,5,7H2,1-2H3/t8?,11-/m0/s1. The van der Waals surface area contributed by atoms with Crippen LogP contribution in [0, 0.1) is 0 Å². The highest BCUT2D eigenvalue weighted by molar-refractivity contribution is 5.70. The number of fused-ring (bicyclic) bond motifs is 1. The van der Waals surface area contributed by atoms with Crippen molar-refractivity contribution in [3.05, 3.63) is 29.3 Å². The highest BCUT2D eigenvalue weighted by atomic mass is 16.5. The zero-order valence-electron chi connectivity index (χ0n) is 9.97. The van der Waals surface area contributed by atoms with Crippen LogP contribution in [-0.4, -0.2) is 24.3 Å². The van der Waals surface area contributed by atoms with Crippen LogP contribution in [-0.2, 0) is 16.0 Å². The highest BCUT2D eigenvalue weighted by Crippen LogP contribution is 2.31. The number of rotatable bonds is 3. The molecule has 1 aliphatic rings. The molecule has 2 rings (SSSR count). The summed E-state index contributed by atoms with van der Waals surface area (Å²) in [6, 6.07) is 5.52. The topological polar surface area (TPSA) is 55.8 Å². The van der Waals surface area contributed by atoms with Crippen molar-refractivity contribution >= 4 is 5.97 Å². The third-order valence-corrected chi connectivity index (χ3v) is 2.89. The largest absolute Gasteiger partial charge is 0.490 e. The van der Waals surface area contributed by atoms with Crippen LogP contribution < -0.4 is 4.74 Å². The van der Waals surface area contributed by atoms with Gasteiger partial charge in [-0.1, -0.05) is 6.07 Å². The van der Waals surface area contributed by atoms with E-state index >= 15 is 0 Å². The van der Waals surface area contributed by atoms with Gasteiger partial charge >= 0.3 is 5.97 Å². The minimum absolute atomic E-state index is 0.0221. The number of carbonyl (C=O) groups excluding carboxylic acids is 1. The minimum Gasteiger partial charge on any atom is -0.490 e. The first kappa shape index (κ1) is 11.9. The molecule has 0 fully saturated rings. The van der Waals surface area contributed by atoms with Gasteiger partial charge in [0.05, 0.1) is 19.6 Å². The van der Waals surface area contributed by atoms with Crippen molar-refractivity contribution in [2.24, 2.45) is 0 Å². The molecular formula is C13H16O4. The molecule has 0 amide bonds. The van der Waals surface area contributed by atoms with Crippen molar-refractivity contribution in [3.8, 4) is 5.75 Å². The number of esters is 1. The summed E-state index contributed by atoms with van der Waals surface area (Å²) in [7, 11) is 1.31. The Bertz CT molecular complexity index is 427. The van der Waals surface area contributed by atoms with Crippen LogP contribution >= 0.6 is 0 Å². The third-order valence-electron chi connectivity index (χ3n) is 2.89. The number of carbonyl (C=O) groups is 1. The van der Waals surface area contributed by atoms with Crippen molar-refractivity contribution in [3.63, 3.8) is 0 Å². The summed E-state index contributed by atoms with van der Waals surface area (Å²) in [5.74, 6) is 0.453. The van der Waals surface area contributed by atoms with Crippen LogP contribution in [0.2, 0.25) is 0 Å². The first-order valence-corrected chi connectivity index (χ1v) is 5.64. The van der Waals surface area contributed by atoms with Crippen molar-refractivity contribution in [1.82, 2.24) is 0 Å². The fourth-order valence-electron chi connectivity index (χ4n) is 2.01. The van der Waals surface area contributed by atoms with Crippen LogP contribution in [0.25, 0.3) is 0 Å². The van der Waals surface area contributed by atoms with Gasteiger partial charge in [0.15, 0.2) is 0 Å². The molecule has 2 atom stereocenters. The first-order valence-electron chi connectivity index (χ1n) is 5.64. The molecule has 0 aliphatic carbocycles. The number of ether oxygens (including phenoxy) is 2. The molecule has 1 unspecified atom stereocenters. The summed E-state index contributed by atoms with van der Waals surface area (Å²) in [6.45, 7) is 2.00. The SMILES string of the molecule is COC(=O)C[C@H](O)c1ccc2c(c1)CC(C)O2. The minimum atomic E-state index is -0.816. The summed E-state index contributed by atoms with van der Waals surface area (Å²) in [5, 5.41) is 9.88. The molecule has 0 bridgehead atoms. The zero-order valence-corrected chi connectivity index (χ0v) is 9.97. The van der Waals surface area contributed by atoms with Gasteiger partial charge in [0.1, 0.15) is 11.9 Å². The Morgan fingerprint density at radius 3 is 3.12 bits per heavy atom. The van der Waals surface area contributed by atoms with Crippen molar-refractivity contribution in [1.29, 1.82) is 0 Å². The predicted molar refractivity (Wildman–Crippen MR) is 61.8 cm³/mol. The lowest BCUT2D eigenvalue weighted by atomic mass is 10.0. The molecule has 1 heterocycles. The van der Waals surface area contributed by atoms with Crippen LogP contribution in [0.3, 0.4) is 0 Å². The van der Waals surface area contributed by atoms with E-state index in [0.717, 1.165) is 23.3 Å². The Morgan fingerprint density at radius 1 is 1.65 bits per heavy atom. The van der Waals surface area contributed by atoms with Crippen LogP contribution in [0.4, 0.5) is 0 Å². The number of methoxy groups -OCH3 is 1. The van der Waals surface area contributed by atoms with Gasteiger partial charge in [-0.15, -0.1) is 0 Å². The van der Waals surface area contributed by atoms with E-state index in [-0.39, 0.29) is 12.5 Å². The van der Waals surface area contributed by atoms with Crippen molar-refractivity contribution in [2.45, 2.75) is 32.0 Å². The third kappa shape index (κ3) is 2.58. The lowest BCUT2D eigenvalue weighted by Gasteiger charge is -2.10. The van der Waals surface area contributed by atoms with E-state index in [1.54, 1.807) is 6.07 Å². The Labute approximate surface area is 100 Å². The van der Waals surface area contributed by atoms with E-state index in [1.165, 1.54) is 7.11 Å². The Balaban J connectivity index is 2.12. The van der Waals surface area contributed by atoms with E-state index in [2.05, 4.69) is 4.74 Å². The molecule has 1 aliphatic heterocycles. The molecule has 17 heavy (non-hydrogen) atoms. The lowest BCUT2D eigenvalue weighted by Crippen LogP contribution is -2.08. The average molecular weight is 236 g/mol. The Kier molecular flexibility index (Phi) is 3.33. The second-order valence-corrected chi connectivity index (χ2v) is 4.30. The van der Waals surface area contributed by atoms with E-state index in [1.807, 2.05) is 19.1 Å². The van der Waals surface area contributed by atoms with E-state index in [4.69, 9.17) is 4.74 Å². The molecule has 1 aromatic rings. The quantitative estimate of drug-likeness (QED) is 0.810. The van der Waals surface area contributed by atoms with Crippen LogP contribution in [0.5, 0.6) is 5.75 Å². The smallest absolute Gasteiger partial charge is 0.308 e. The average Bonchev–Trinajstić information content (AvgIpc) is 2.67. The highest BCUT2D eigenvalue weighted by Gasteiger charge is 2.21. The van der Waals surface area contributed by atoms with Gasteiger partial charge in [0.25, 0.3) is 0 Å². The number of hydrogen-bond acceptors (Lipinski definition) is 4. The second-order valence-electron chi connectivity index (χ2n) is 4.30. The lowest BCUT2D eigenvalue weighted by molar-refractivity contribution is -0.142. The van der Waals surface area contributed by atoms with Gasteiger partial charge in [0.2, 0.25) is 0 Å². The molecule has 92 valence electrons. The molecule has 0 saturated carbocycles. The van der Waals surface area contributed by atoms with Crippen molar-refractivity contribution in [2.75, 3.05) is 7.11 Å².